The van der Waals surface area contributed by atoms with Gasteiger partial charge in [0.15, 0.2) is 0 Å². The average Bonchev–Trinajstić information content (AvgIpc) is 2.82. The molecule has 1 N–H and O–H groups in total. The van der Waals surface area contributed by atoms with Crippen LogP contribution in [0.4, 0.5) is 5.69 Å². The van der Waals surface area contributed by atoms with Crippen molar-refractivity contribution in [2.75, 3.05) is 5.32 Å². The summed E-state index contributed by atoms with van der Waals surface area (Å²) in [6.07, 6.45) is 7.90. The molecule has 0 unspecified atom stereocenters. The first kappa shape index (κ1) is 11.1. The summed E-state index contributed by atoms with van der Waals surface area (Å²) in [7, 11) is 0. The van der Waals surface area contributed by atoms with Crippen molar-refractivity contribution in [3.05, 3.63) is 54.3 Å². The molecule has 4 heteroatoms. The van der Waals surface area contributed by atoms with E-state index in [0.29, 0.717) is 11.4 Å². The van der Waals surface area contributed by atoms with Crippen LogP contribution in [-0.2, 0) is 4.79 Å². The molecule has 17 heavy (non-hydrogen) atoms. The van der Waals surface area contributed by atoms with Gasteiger partial charge in [0.25, 0.3) is 0 Å². The van der Waals surface area contributed by atoms with Crippen LogP contribution in [-0.4, -0.2) is 10.9 Å². The smallest absolute Gasteiger partial charge is 0.248 e. The molecule has 0 saturated heterocycles. The van der Waals surface area contributed by atoms with E-state index < -0.39 is 0 Å². The molecule has 86 valence electrons. The van der Waals surface area contributed by atoms with Gasteiger partial charge in [0.05, 0.1) is 18.1 Å². The Balaban J connectivity index is 2.01. The Labute approximate surface area is 99.0 Å². The first-order valence-electron chi connectivity index (χ1n) is 5.19. The molecule has 4 nitrogen and oxygen atoms in total. The van der Waals surface area contributed by atoms with Gasteiger partial charge in [0.2, 0.25) is 5.91 Å². The molecule has 2 aromatic heterocycles. The molecule has 0 bridgehead atoms. The lowest BCUT2D eigenvalue weighted by Gasteiger charge is -2.04. The fraction of sp³-hybridized carbons (Fsp3) is 0.0769. The summed E-state index contributed by atoms with van der Waals surface area (Å²) in [6.45, 7) is 1.91. The fourth-order valence-electron chi connectivity index (χ4n) is 1.31. The van der Waals surface area contributed by atoms with Gasteiger partial charge < -0.3 is 9.73 Å². The number of rotatable bonds is 3. The maximum atomic E-state index is 11.6. The maximum Gasteiger partial charge on any atom is 0.248 e. The van der Waals surface area contributed by atoms with Crippen LogP contribution in [0.2, 0.25) is 0 Å². The molecule has 0 aliphatic rings. The Morgan fingerprint density at radius 1 is 1.47 bits per heavy atom. The molecule has 1 amide bonds. The highest BCUT2D eigenvalue weighted by atomic mass is 16.3. The summed E-state index contributed by atoms with van der Waals surface area (Å²) in [5.74, 6) is 0.431. The summed E-state index contributed by atoms with van der Waals surface area (Å²) in [5, 5.41) is 2.74. The molecule has 0 fully saturated rings. The van der Waals surface area contributed by atoms with E-state index in [2.05, 4.69) is 10.3 Å². The van der Waals surface area contributed by atoms with Gasteiger partial charge in [-0.15, -0.1) is 0 Å². The van der Waals surface area contributed by atoms with Crippen molar-refractivity contribution in [2.24, 2.45) is 0 Å². The Hall–Kier alpha value is -2.36. The lowest BCUT2D eigenvalue weighted by Crippen LogP contribution is -2.09. The number of hydrogen-bond donors (Lipinski definition) is 1. The van der Waals surface area contributed by atoms with E-state index >= 15 is 0 Å². The normalized spacial score (nSPS) is 10.6. The molecular weight excluding hydrogens is 216 g/mol. The number of aromatic nitrogens is 1. The number of hydrogen-bond acceptors (Lipinski definition) is 3. The van der Waals surface area contributed by atoms with Gasteiger partial charge in [0.1, 0.15) is 5.76 Å². The zero-order chi connectivity index (χ0) is 12.1. The monoisotopic (exact) mass is 228 g/mol. The summed E-state index contributed by atoms with van der Waals surface area (Å²) in [6, 6.07) is 5.38. The molecule has 0 aliphatic heterocycles. The number of carbonyl (C=O) groups excluding carboxylic acids is 1. The van der Waals surface area contributed by atoms with E-state index in [9.17, 15) is 4.79 Å². The molecule has 2 heterocycles. The average molecular weight is 228 g/mol. The molecule has 0 aromatic carbocycles. The number of carbonyl (C=O) groups is 1. The molecule has 2 rings (SSSR count). The molecule has 0 aliphatic carbocycles. The third-order valence-electron chi connectivity index (χ3n) is 2.24. The van der Waals surface area contributed by atoms with Crippen molar-refractivity contribution in [1.82, 2.24) is 4.98 Å². The minimum Gasteiger partial charge on any atom is -0.465 e. The van der Waals surface area contributed by atoms with E-state index in [0.717, 1.165) is 5.56 Å². The Morgan fingerprint density at radius 2 is 2.35 bits per heavy atom. The topological polar surface area (TPSA) is 55.1 Å². The zero-order valence-electron chi connectivity index (χ0n) is 9.38. The second kappa shape index (κ2) is 5.12. The van der Waals surface area contributed by atoms with Crippen LogP contribution in [0.3, 0.4) is 0 Å². The summed E-state index contributed by atoms with van der Waals surface area (Å²) < 4.78 is 5.08. The van der Waals surface area contributed by atoms with E-state index in [1.54, 1.807) is 36.9 Å². The van der Waals surface area contributed by atoms with E-state index in [4.69, 9.17) is 4.42 Å². The number of anilines is 1. The zero-order valence-corrected chi connectivity index (χ0v) is 9.38. The van der Waals surface area contributed by atoms with Gasteiger partial charge in [-0.1, -0.05) is 0 Å². The van der Waals surface area contributed by atoms with Gasteiger partial charge in [-0.3, -0.25) is 9.78 Å². The van der Waals surface area contributed by atoms with Gasteiger partial charge in [0, 0.05) is 12.3 Å². The molecular formula is C13H12N2O2. The largest absolute Gasteiger partial charge is 0.465 e. The molecule has 2 aromatic rings. The third-order valence-corrected chi connectivity index (χ3v) is 2.24. The number of nitrogens with one attached hydrogen (secondary N) is 1. The van der Waals surface area contributed by atoms with Gasteiger partial charge in [-0.05, 0) is 36.8 Å². The Bertz CT molecular complexity index is 530. The van der Waals surface area contributed by atoms with Crippen LogP contribution >= 0.6 is 0 Å². The number of aryl methyl sites for hydroxylation is 1. The van der Waals surface area contributed by atoms with Gasteiger partial charge >= 0.3 is 0 Å². The first-order valence-corrected chi connectivity index (χ1v) is 5.19. The van der Waals surface area contributed by atoms with Gasteiger partial charge in [-0.25, -0.2) is 0 Å². The molecule has 0 atom stereocenters. The Kier molecular flexibility index (Phi) is 3.35. The molecule has 0 spiro atoms. The predicted octanol–water partition coefficient (Wildman–Crippen LogP) is 2.63. The highest BCUT2D eigenvalue weighted by Gasteiger charge is 2.01. The molecule has 0 radical (unpaired) electrons. The maximum absolute atomic E-state index is 11.6. The lowest BCUT2D eigenvalue weighted by atomic mass is 10.2. The quantitative estimate of drug-likeness (QED) is 0.821. The first-order chi connectivity index (χ1) is 8.25. The van der Waals surface area contributed by atoms with Crippen molar-refractivity contribution in [3.8, 4) is 0 Å². The van der Waals surface area contributed by atoms with Crippen LogP contribution in [0.15, 0.2) is 47.3 Å². The summed E-state index contributed by atoms with van der Waals surface area (Å²) in [5.41, 5.74) is 1.68. The van der Waals surface area contributed by atoms with Gasteiger partial charge in [-0.2, -0.15) is 0 Å². The van der Waals surface area contributed by atoms with Crippen molar-refractivity contribution in [2.45, 2.75) is 6.92 Å². The summed E-state index contributed by atoms with van der Waals surface area (Å²) in [4.78, 5) is 15.5. The number of furan rings is 1. The SMILES string of the molecule is Cc1ccncc1NC(=O)/C=C/c1ccco1. The van der Waals surface area contributed by atoms with Crippen molar-refractivity contribution in [3.63, 3.8) is 0 Å². The number of amides is 1. The van der Waals surface area contributed by atoms with Crippen LogP contribution in [0.1, 0.15) is 11.3 Å². The standard InChI is InChI=1S/C13H12N2O2/c1-10-6-7-14-9-12(10)15-13(16)5-4-11-3-2-8-17-11/h2-9H,1H3,(H,15,16)/b5-4+. The van der Waals surface area contributed by atoms with Crippen LogP contribution in [0.5, 0.6) is 0 Å². The lowest BCUT2D eigenvalue weighted by molar-refractivity contribution is -0.111. The third kappa shape index (κ3) is 3.04. The van der Waals surface area contributed by atoms with Crippen molar-refractivity contribution in [1.29, 1.82) is 0 Å². The van der Waals surface area contributed by atoms with Crippen LogP contribution in [0.25, 0.3) is 6.08 Å². The van der Waals surface area contributed by atoms with Crippen molar-refractivity contribution < 1.29 is 9.21 Å². The predicted molar refractivity (Wildman–Crippen MR) is 65.3 cm³/mol. The highest BCUT2D eigenvalue weighted by molar-refractivity contribution is 6.02. The molecule has 0 saturated carbocycles. The second-order valence-corrected chi connectivity index (χ2v) is 3.53. The summed E-state index contributed by atoms with van der Waals surface area (Å²) >= 11 is 0. The van der Waals surface area contributed by atoms with E-state index in [-0.39, 0.29) is 5.91 Å². The number of nitrogens with zero attached hydrogens (tertiary/aromatic N) is 1. The fourth-order valence-corrected chi connectivity index (χ4v) is 1.31. The van der Waals surface area contributed by atoms with Crippen LogP contribution in [0, 0.1) is 6.92 Å². The van der Waals surface area contributed by atoms with E-state index in [1.807, 2.05) is 13.0 Å². The highest BCUT2D eigenvalue weighted by Crippen LogP contribution is 2.11. The Morgan fingerprint density at radius 3 is 3.06 bits per heavy atom. The van der Waals surface area contributed by atoms with Crippen molar-refractivity contribution >= 4 is 17.7 Å². The number of pyridine rings is 1. The second-order valence-electron chi connectivity index (χ2n) is 3.53. The van der Waals surface area contributed by atoms with Crippen LogP contribution < -0.4 is 5.32 Å². The van der Waals surface area contributed by atoms with E-state index in [1.165, 1.54) is 6.08 Å². The minimum atomic E-state index is -0.211. The minimum absolute atomic E-state index is 0.211.